The van der Waals surface area contributed by atoms with E-state index in [4.69, 9.17) is 21.1 Å². The van der Waals surface area contributed by atoms with Gasteiger partial charge in [-0.3, -0.25) is 0 Å². The first kappa shape index (κ1) is 12.5. The molecule has 0 radical (unpaired) electrons. The van der Waals surface area contributed by atoms with Crippen molar-refractivity contribution in [1.29, 1.82) is 0 Å². The van der Waals surface area contributed by atoms with Crippen molar-refractivity contribution in [2.45, 2.75) is 24.3 Å². The van der Waals surface area contributed by atoms with E-state index in [1.54, 1.807) is 7.11 Å². The minimum Gasteiger partial charge on any atom is -0.496 e. The second kappa shape index (κ2) is 5.15. The van der Waals surface area contributed by atoms with E-state index in [0.717, 1.165) is 33.3 Å². The van der Waals surface area contributed by atoms with Gasteiger partial charge in [-0.25, -0.2) is 0 Å². The lowest BCUT2D eigenvalue weighted by Gasteiger charge is -2.31. The van der Waals surface area contributed by atoms with Crippen LogP contribution in [0.25, 0.3) is 0 Å². The van der Waals surface area contributed by atoms with Crippen LogP contribution in [-0.2, 0) is 0 Å². The van der Waals surface area contributed by atoms with Gasteiger partial charge < -0.3 is 9.47 Å². The molecule has 1 aliphatic rings. The zero-order chi connectivity index (χ0) is 11.7. The van der Waals surface area contributed by atoms with E-state index in [2.05, 4.69) is 31.9 Å². The second-order valence-electron chi connectivity index (χ2n) is 3.73. The molecule has 0 saturated heterocycles. The highest BCUT2D eigenvalue weighted by Crippen LogP contribution is 2.38. The Bertz CT molecular complexity index is 392. The molecule has 1 saturated carbocycles. The van der Waals surface area contributed by atoms with Crippen LogP contribution in [0.3, 0.4) is 0 Å². The highest BCUT2D eigenvalue weighted by Gasteiger charge is 2.29. The Morgan fingerprint density at radius 1 is 1.19 bits per heavy atom. The van der Waals surface area contributed by atoms with Crippen LogP contribution < -0.4 is 9.47 Å². The molecule has 1 aromatic rings. The summed E-state index contributed by atoms with van der Waals surface area (Å²) >= 11 is 12.8. The molecule has 1 aliphatic carbocycles. The molecule has 2 nitrogen and oxygen atoms in total. The monoisotopic (exact) mass is 368 g/mol. The minimum absolute atomic E-state index is 0.235. The Balaban J connectivity index is 2.12. The highest BCUT2D eigenvalue weighted by atomic mass is 79.9. The van der Waals surface area contributed by atoms with Gasteiger partial charge in [0.05, 0.1) is 16.1 Å². The van der Waals surface area contributed by atoms with Crippen LogP contribution in [0.2, 0.25) is 0 Å². The average Bonchev–Trinajstić information content (AvgIpc) is 2.20. The van der Waals surface area contributed by atoms with Crippen molar-refractivity contribution in [3.8, 4) is 11.5 Å². The molecule has 0 amide bonds. The zero-order valence-corrected chi connectivity index (χ0v) is 12.6. The smallest absolute Gasteiger partial charge is 0.135 e. The molecule has 0 N–H and O–H groups in total. The average molecular weight is 370 g/mol. The van der Waals surface area contributed by atoms with Crippen molar-refractivity contribution in [3.05, 3.63) is 21.1 Å². The summed E-state index contributed by atoms with van der Waals surface area (Å²) in [5.74, 6) is 1.60. The molecule has 0 bridgehead atoms. The fourth-order valence-electron chi connectivity index (χ4n) is 1.53. The summed E-state index contributed by atoms with van der Waals surface area (Å²) in [4.78, 5) is 0. The number of hydrogen-bond donors (Lipinski definition) is 0. The van der Waals surface area contributed by atoms with Gasteiger partial charge in [-0.1, -0.05) is 0 Å². The molecule has 1 fully saturated rings. The first-order valence-electron chi connectivity index (χ1n) is 4.94. The van der Waals surface area contributed by atoms with Crippen LogP contribution in [0.4, 0.5) is 0 Å². The predicted octanol–water partition coefficient (Wildman–Crippen LogP) is 4.37. The molecule has 0 unspecified atom stereocenters. The highest BCUT2D eigenvalue weighted by molar-refractivity contribution is 9.11. The van der Waals surface area contributed by atoms with Gasteiger partial charge in [0.1, 0.15) is 17.6 Å². The van der Waals surface area contributed by atoms with Gasteiger partial charge in [0.2, 0.25) is 0 Å². The first-order valence-corrected chi connectivity index (χ1v) is 6.96. The topological polar surface area (TPSA) is 18.5 Å². The number of ether oxygens (including phenoxy) is 2. The quantitative estimate of drug-likeness (QED) is 0.736. The van der Waals surface area contributed by atoms with E-state index in [1.165, 1.54) is 0 Å². The van der Waals surface area contributed by atoms with Crippen LogP contribution in [0.5, 0.6) is 11.5 Å². The minimum atomic E-state index is 0.235. The molecule has 0 heterocycles. The summed E-state index contributed by atoms with van der Waals surface area (Å²) in [6, 6.07) is 3.79. The van der Waals surface area contributed by atoms with Crippen molar-refractivity contribution in [3.63, 3.8) is 0 Å². The van der Waals surface area contributed by atoms with Gasteiger partial charge in [0, 0.05) is 18.2 Å². The van der Waals surface area contributed by atoms with Gasteiger partial charge in [-0.05, 0) is 44.0 Å². The number of halogens is 3. The summed E-state index contributed by atoms with van der Waals surface area (Å²) < 4.78 is 12.8. The zero-order valence-electron chi connectivity index (χ0n) is 8.67. The third-order valence-corrected chi connectivity index (χ3v) is 4.13. The van der Waals surface area contributed by atoms with Crippen molar-refractivity contribution < 1.29 is 9.47 Å². The van der Waals surface area contributed by atoms with Gasteiger partial charge in [-0.15, -0.1) is 11.6 Å². The Morgan fingerprint density at radius 3 is 2.31 bits per heavy atom. The van der Waals surface area contributed by atoms with E-state index in [9.17, 15) is 0 Å². The van der Waals surface area contributed by atoms with E-state index in [0.29, 0.717) is 0 Å². The van der Waals surface area contributed by atoms with Crippen molar-refractivity contribution in [2.75, 3.05) is 7.11 Å². The summed E-state index contributed by atoms with van der Waals surface area (Å²) in [5, 5.41) is 0.269. The summed E-state index contributed by atoms with van der Waals surface area (Å²) in [5.41, 5.74) is 0. The fraction of sp³-hybridized carbons (Fsp3) is 0.455. The van der Waals surface area contributed by atoms with E-state index >= 15 is 0 Å². The summed E-state index contributed by atoms with van der Waals surface area (Å²) in [6.07, 6.45) is 2.06. The van der Waals surface area contributed by atoms with Crippen molar-refractivity contribution in [2.24, 2.45) is 0 Å². The van der Waals surface area contributed by atoms with Crippen LogP contribution in [0.1, 0.15) is 12.8 Å². The summed E-state index contributed by atoms with van der Waals surface area (Å²) in [7, 11) is 1.64. The Labute approximate surface area is 117 Å². The van der Waals surface area contributed by atoms with Crippen LogP contribution in [-0.4, -0.2) is 18.6 Å². The predicted molar refractivity (Wildman–Crippen MR) is 71.7 cm³/mol. The molecule has 0 aliphatic heterocycles. The van der Waals surface area contributed by atoms with E-state index < -0.39 is 0 Å². The van der Waals surface area contributed by atoms with Gasteiger partial charge >= 0.3 is 0 Å². The lowest BCUT2D eigenvalue weighted by atomic mass is 9.95. The van der Waals surface area contributed by atoms with Crippen LogP contribution in [0.15, 0.2) is 21.1 Å². The number of benzene rings is 1. The maximum atomic E-state index is 5.91. The maximum Gasteiger partial charge on any atom is 0.135 e. The molecule has 0 aromatic heterocycles. The van der Waals surface area contributed by atoms with Gasteiger partial charge in [0.25, 0.3) is 0 Å². The molecule has 5 heteroatoms. The maximum absolute atomic E-state index is 5.91. The molecule has 0 spiro atoms. The number of rotatable bonds is 3. The lowest BCUT2D eigenvalue weighted by molar-refractivity contribution is 0.123. The lowest BCUT2D eigenvalue weighted by Crippen LogP contribution is -2.34. The molecule has 2 rings (SSSR count). The number of alkyl halides is 1. The fourth-order valence-corrected chi connectivity index (χ4v) is 2.83. The Kier molecular flexibility index (Phi) is 4.03. The van der Waals surface area contributed by atoms with Crippen LogP contribution in [0, 0.1) is 0 Å². The molecular formula is C11H11Br2ClO2. The molecule has 1 aromatic carbocycles. The largest absolute Gasteiger partial charge is 0.496 e. The van der Waals surface area contributed by atoms with Crippen LogP contribution >= 0.6 is 43.5 Å². The van der Waals surface area contributed by atoms with Crippen molar-refractivity contribution >= 4 is 43.5 Å². The van der Waals surface area contributed by atoms with E-state index in [-0.39, 0.29) is 11.5 Å². The Morgan fingerprint density at radius 2 is 1.75 bits per heavy atom. The number of methoxy groups -OCH3 is 1. The summed E-state index contributed by atoms with van der Waals surface area (Å²) in [6.45, 7) is 0. The van der Waals surface area contributed by atoms with E-state index in [1.807, 2.05) is 12.1 Å². The molecular weight excluding hydrogens is 359 g/mol. The third-order valence-electron chi connectivity index (χ3n) is 2.54. The third kappa shape index (κ3) is 2.66. The van der Waals surface area contributed by atoms with Crippen molar-refractivity contribution in [1.82, 2.24) is 0 Å². The second-order valence-corrected chi connectivity index (χ2v) is 6.05. The van der Waals surface area contributed by atoms with Gasteiger partial charge in [-0.2, -0.15) is 0 Å². The Hall–Kier alpha value is 0.0700. The van der Waals surface area contributed by atoms with Gasteiger partial charge in [0.15, 0.2) is 0 Å². The molecule has 88 valence electrons. The molecule has 0 atom stereocenters. The molecule has 16 heavy (non-hydrogen) atoms. The first-order chi connectivity index (χ1) is 7.60. The normalized spacial score (nSPS) is 23.8. The SMILES string of the molecule is COc1cc(Br)c(OC2CC(Cl)C2)cc1Br. The number of hydrogen-bond acceptors (Lipinski definition) is 2. The standard InChI is InChI=1S/C11H11Br2ClO2/c1-15-10-4-9(13)11(5-8(10)12)16-7-2-6(14)3-7/h4-7H,2-3H2,1H3.